The molecular formula is C16H20ClN3O. The first-order valence-electron chi connectivity index (χ1n) is 7.13. The minimum atomic E-state index is -0.168. The molecule has 0 aliphatic rings. The van der Waals surface area contributed by atoms with Crippen molar-refractivity contribution in [1.29, 1.82) is 0 Å². The van der Waals surface area contributed by atoms with Crippen LogP contribution in [0.15, 0.2) is 42.7 Å². The van der Waals surface area contributed by atoms with Crippen LogP contribution in [0.3, 0.4) is 0 Å². The minimum Gasteiger partial charge on any atom is -0.349 e. The third-order valence-corrected chi connectivity index (χ3v) is 3.63. The molecule has 5 heteroatoms. The van der Waals surface area contributed by atoms with E-state index in [4.69, 9.17) is 11.6 Å². The number of hydrogen-bond acceptors (Lipinski definition) is 2. The molecule has 1 amide bonds. The van der Waals surface area contributed by atoms with E-state index in [-0.39, 0.29) is 17.9 Å². The first kappa shape index (κ1) is 15.6. The molecule has 2 atom stereocenters. The third-order valence-electron chi connectivity index (χ3n) is 3.44. The van der Waals surface area contributed by atoms with Crippen LogP contribution >= 0.6 is 11.6 Å². The normalized spacial score (nSPS) is 13.7. The topological polar surface area (TPSA) is 46.9 Å². The van der Waals surface area contributed by atoms with E-state index in [1.165, 1.54) is 0 Å². The minimum absolute atomic E-state index is 0.0253. The van der Waals surface area contributed by atoms with Gasteiger partial charge in [-0.1, -0.05) is 55.8 Å². The van der Waals surface area contributed by atoms with Crippen molar-refractivity contribution in [3.8, 4) is 0 Å². The SMILES string of the molecule is CCC(NC(=O)C(C)Cn1cc(Cl)cn1)c1ccccc1. The predicted octanol–water partition coefficient (Wildman–Crippen LogP) is 3.44. The molecule has 4 nitrogen and oxygen atoms in total. The lowest BCUT2D eigenvalue weighted by Crippen LogP contribution is -2.34. The zero-order chi connectivity index (χ0) is 15.2. The Bertz CT molecular complexity index is 582. The molecule has 1 aromatic carbocycles. The molecule has 0 spiro atoms. The molecule has 2 unspecified atom stereocenters. The third kappa shape index (κ3) is 4.33. The van der Waals surface area contributed by atoms with Crippen LogP contribution in [0.5, 0.6) is 0 Å². The Hall–Kier alpha value is -1.81. The number of amides is 1. The average Bonchev–Trinajstić information content (AvgIpc) is 2.90. The first-order valence-corrected chi connectivity index (χ1v) is 7.51. The molecule has 1 heterocycles. The maximum atomic E-state index is 12.3. The van der Waals surface area contributed by atoms with Crippen molar-refractivity contribution in [2.24, 2.45) is 5.92 Å². The molecule has 1 N–H and O–H groups in total. The van der Waals surface area contributed by atoms with Gasteiger partial charge in [0.2, 0.25) is 5.91 Å². The van der Waals surface area contributed by atoms with Crippen LogP contribution < -0.4 is 5.32 Å². The van der Waals surface area contributed by atoms with E-state index in [1.807, 2.05) is 37.3 Å². The van der Waals surface area contributed by atoms with Gasteiger partial charge in [0.15, 0.2) is 0 Å². The van der Waals surface area contributed by atoms with E-state index < -0.39 is 0 Å². The standard InChI is InChI=1S/C16H20ClN3O/c1-3-15(13-7-5-4-6-8-13)19-16(21)12(2)10-20-11-14(17)9-18-20/h4-9,11-12,15H,3,10H2,1-2H3,(H,19,21). The lowest BCUT2D eigenvalue weighted by molar-refractivity contribution is -0.125. The Morgan fingerprint density at radius 1 is 1.38 bits per heavy atom. The zero-order valence-corrected chi connectivity index (χ0v) is 13.0. The molecule has 0 saturated carbocycles. The van der Waals surface area contributed by atoms with Crippen LogP contribution in [0.4, 0.5) is 0 Å². The molecular weight excluding hydrogens is 286 g/mol. The Kier molecular flexibility index (Phi) is 5.39. The van der Waals surface area contributed by atoms with Crippen molar-refractivity contribution >= 4 is 17.5 Å². The maximum absolute atomic E-state index is 12.3. The second-order valence-corrected chi connectivity index (χ2v) is 5.60. The molecule has 0 fully saturated rings. The summed E-state index contributed by atoms with van der Waals surface area (Å²) in [6, 6.07) is 10.1. The lowest BCUT2D eigenvalue weighted by atomic mass is 10.0. The van der Waals surface area contributed by atoms with Crippen molar-refractivity contribution in [3.05, 3.63) is 53.3 Å². The van der Waals surface area contributed by atoms with Gasteiger partial charge in [0.1, 0.15) is 0 Å². The summed E-state index contributed by atoms with van der Waals surface area (Å²) >= 11 is 5.83. The smallest absolute Gasteiger partial charge is 0.225 e. The highest BCUT2D eigenvalue weighted by atomic mass is 35.5. The van der Waals surface area contributed by atoms with Crippen LogP contribution in [0.25, 0.3) is 0 Å². The van der Waals surface area contributed by atoms with Gasteiger partial charge in [-0.3, -0.25) is 9.48 Å². The Labute approximate surface area is 130 Å². The number of rotatable bonds is 6. The summed E-state index contributed by atoms with van der Waals surface area (Å²) < 4.78 is 1.69. The van der Waals surface area contributed by atoms with Crippen LogP contribution in [-0.4, -0.2) is 15.7 Å². The van der Waals surface area contributed by atoms with E-state index in [2.05, 4.69) is 17.3 Å². The number of benzene rings is 1. The fraction of sp³-hybridized carbons (Fsp3) is 0.375. The number of carbonyl (C=O) groups excluding carboxylic acids is 1. The van der Waals surface area contributed by atoms with Gasteiger partial charge in [-0.2, -0.15) is 5.10 Å². The van der Waals surface area contributed by atoms with Crippen molar-refractivity contribution in [2.75, 3.05) is 0 Å². The van der Waals surface area contributed by atoms with Gasteiger partial charge in [0.25, 0.3) is 0 Å². The highest BCUT2D eigenvalue weighted by Gasteiger charge is 2.18. The number of hydrogen-bond donors (Lipinski definition) is 1. The average molecular weight is 306 g/mol. The fourth-order valence-electron chi connectivity index (χ4n) is 2.22. The second-order valence-electron chi connectivity index (χ2n) is 5.16. The van der Waals surface area contributed by atoms with E-state index >= 15 is 0 Å². The molecule has 2 aromatic rings. The largest absolute Gasteiger partial charge is 0.349 e. The highest BCUT2D eigenvalue weighted by Crippen LogP contribution is 2.17. The molecule has 1 aromatic heterocycles. The summed E-state index contributed by atoms with van der Waals surface area (Å²) in [6.45, 7) is 4.47. The van der Waals surface area contributed by atoms with Crippen LogP contribution in [-0.2, 0) is 11.3 Å². The molecule has 0 bridgehead atoms. The molecule has 0 saturated heterocycles. The Morgan fingerprint density at radius 2 is 2.10 bits per heavy atom. The fourth-order valence-corrected chi connectivity index (χ4v) is 2.38. The molecule has 21 heavy (non-hydrogen) atoms. The van der Waals surface area contributed by atoms with Gasteiger partial charge >= 0.3 is 0 Å². The van der Waals surface area contributed by atoms with Gasteiger partial charge in [0.05, 0.1) is 29.7 Å². The molecule has 0 aliphatic heterocycles. The van der Waals surface area contributed by atoms with Gasteiger partial charge in [-0.25, -0.2) is 0 Å². The van der Waals surface area contributed by atoms with Gasteiger partial charge in [0, 0.05) is 6.20 Å². The van der Waals surface area contributed by atoms with E-state index in [0.717, 1.165) is 12.0 Å². The highest BCUT2D eigenvalue weighted by molar-refractivity contribution is 6.30. The number of nitrogens with zero attached hydrogens (tertiary/aromatic N) is 2. The zero-order valence-electron chi connectivity index (χ0n) is 12.3. The van der Waals surface area contributed by atoms with Crippen LogP contribution in [0.1, 0.15) is 31.9 Å². The van der Waals surface area contributed by atoms with Crippen LogP contribution in [0, 0.1) is 5.92 Å². The molecule has 0 aliphatic carbocycles. The quantitative estimate of drug-likeness (QED) is 0.888. The summed E-state index contributed by atoms with van der Waals surface area (Å²) in [7, 11) is 0. The summed E-state index contributed by atoms with van der Waals surface area (Å²) in [5.41, 5.74) is 1.13. The van der Waals surface area contributed by atoms with Gasteiger partial charge in [-0.15, -0.1) is 0 Å². The summed E-state index contributed by atoms with van der Waals surface area (Å²) in [5.74, 6) is -0.143. The number of carbonyl (C=O) groups is 1. The number of aromatic nitrogens is 2. The van der Waals surface area contributed by atoms with Crippen molar-refractivity contribution in [2.45, 2.75) is 32.9 Å². The number of nitrogens with one attached hydrogen (secondary N) is 1. The molecule has 2 rings (SSSR count). The lowest BCUT2D eigenvalue weighted by Gasteiger charge is -2.20. The summed E-state index contributed by atoms with van der Waals surface area (Å²) in [6.07, 6.45) is 4.15. The maximum Gasteiger partial charge on any atom is 0.225 e. The molecule has 0 radical (unpaired) electrons. The number of halogens is 1. The summed E-state index contributed by atoms with van der Waals surface area (Å²) in [4.78, 5) is 12.3. The van der Waals surface area contributed by atoms with E-state index in [9.17, 15) is 4.79 Å². The van der Waals surface area contributed by atoms with E-state index in [1.54, 1.807) is 17.1 Å². The predicted molar refractivity (Wildman–Crippen MR) is 84.0 cm³/mol. The van der Waals surface area contributed by atoms with Gasteiger partial charge < -0.3 is 5.32 Å². The molecule has 112 valence electrons. The monoisotopic (exact) mass is 305 g/mol. The van der Waals surface area contributed by atoms with E-state index in [0.29, 0.717) is 11.6 Å². The Morgan fingerprint density at radius 3 is 2.67 bits per heavy atom. The van der Waals surface area contributed by atoms with Crippen molar-refractivity contribution in [3.63, 3.8) is 0 Å². The first-order chi connectivity index (χ1) is 10.1. The van der Waals surface area contributed by atoms with Crippen LogP contribution in [0.2, 0.25) is 5.02 Å². The van der Waals surface area contributed by atoms with Crippen molar-refractivity contribution in [1.82, 2.24) is 15.1 Å². The summed E-state index contributed by atoms with van der Waals surface area (Å²) in [5, 5.41) is 7.78. The second kappa shape index (κ2) is 7.27. The Balaban J connectivity index is 1.96. The van der Waals surface area contributed by atoms with Gasteiger partial charge in [-0.05, 0) is 12.0 Å². The van der Waals surface area contributed by atoms with Crippen molar-refractivity contribution < 1.29 is 4.79 Å².